The molecule has 192 valence electrons. The average Bonchev–Trinajstić information content (AvgIpc) is 3.35. The van der Waals surface area contributed by atoms with Crippen molar-refractivity contribution in [3.8, 4) is 33.4 Å². The van der Waals surface area contributed by atoms with Gasteiger partial charge in [-0.15, -0.1) is 22.7 Å². The zero-order chi connectivity index (χ0) is 27.2. The molecule has 1 aromatic carbocycles. The van der Waals surface area contributed by atoms with Crippen LogP contribution in [-0.4, -0.2) is 39.1 Å². The summed E-state index contributed by atoms with van der Waals surface area (Å²) in [6.45, 7) is 6.29. The Morgan fingerprint density at radius 2 is 1.38 bits per heavy atom. The molecule has 2 N–H and O–H groups in total. The van der Waals surface area contributed by atoms with Crippen LogP contribution in [0.15, 0.2) is 41.3 Å². The zero-order valence-corrected chi connectivity index (χ0v) is 23.0. The molecule has 0 bridgehead atoms. The lowest BCUT2D eigenvalue weighted by Gasteiger charge is -2.20. The second kappa shape index (κ2) is 9.69. The Balaban J connectivity index is 1.87. The molecule has 37 heavy (non-hydrogen) atoms. The molecule has 8 nitrogen and oxygen atoms in total. The first kappa shape index (κ1) is 27.0. The van der Waals surface area contributed by atoms with Crippen LogP contribution in [0.1, 0.15) is 48.6 Å². The number of thiophene rings is 2. The summed E-state index contributed by atoms with van der Waals surface area (Å²) in [4.78, 5) is 13.5. The molecule has 3 aromatic rings. The van der Waals surface area contributed by atoms with Gasteiger partial charge < -0.3 is 10.2 Å². The van der Waals surface area contributed by atoms with Gasteiger partial charge in [0.25, 0.3) is 15.7 Å². The number of hydrogen-bond donors (Lipinski definition) is 2. The Bertz CT molecular complexity index is 1540. The number of nitro benzene ring substituents is 1. The zero-order valence-electron chi connectivity index (χ0n) is 20.5. The molecule has 0 amide bonds. The third kappa shape index (κ3) is 6.11. The summed E-state index contributed by atoms with van der Waals surface area (Å²) >= 11 is 2.77. The smallest absolute Gasteiger partial charge is 0.289 e. The van der Waals surface area contributed by atoms with E-state index in [-0.39, 0.29) is 18.0 Å². The van der Waals surface area contributed by atoms with E-state index < -0.39 is 31.8 Å². The summed E-state index contributed by atoms with van der Waals surface area (Å²) < 4.78 is 28.7. The van der Waals surface area contributed by atoms with Gasteiger partial charge >= 0.3 is 0 Å². The van der Waals surface area contributed by atoms with Crippen molar-refractivity contribution in [2.45, 2.75) is 56.9 Å². The Morgan fingerprint density at radius 3 is 1.81 bits per heavy atom. The van der Waals surface area contributed by atoms with E-state index in [9.17, 15) is 28.7 Å². The first-order chi connectivity index (χ1) is 17.1. The first-order valence-corrected chi connectivity index (χ1v) is 14.2. The first-order valence-electron chi connectivity index (χ1n) is 11.1. The highest BCUT2D eigenvalue weighted by Gasteiger charge is 2.35. The van der Waals surface area contributed by atoms with Gasteiger partial charge in [-0.05, 0) is 57.0 Å². The molecule has 0 atom stereocenters. The molecule has 0 unspecified atom stereocenters. The van der Waals surface area contributed by atoms with Crippen molar-refractivity contribution in [1.29, 1.82) is 0 Å². The van der Waals surface area contributed by atoms with Crippen LogP contribution in [0, 0.1) is 33.8 Å². The van der Waals surface area contributed by atoms with Crippen molar-refractivity contribution in [3.63, 3.8) is 0 Å². The maximum Gasteiger partial charge on any atom is 0.289 e. The number of aliphatic hydroxyl groups is 2. The summed E-state index contributed by atoms with van der Waals surface area (Å²) in [5, 5.41) is 31.6. The molecule has 0 saturated heterocycles. The predicted octanol–water partition coefficient (Wildman–Crippen LogP) is 4.33. The lowest BCUT2D eigenvalue weighted by atomic mass is 10.1. The van der Waals surface area contributed by atoms with Gasteiger partial charge in [0.2, 0.25) is 0 Å². The topological polar surface area (TPSA) is 121 Å². The molecular weight excluding hydrogens is 532 g/mol. The van der Waals surface area contributed by atoms with E-state index in [1.807, 2.05) is 0 Å². The van der Waals surface area contributed by atoms with Crippen LogP contribution in [-0.2, 0) is 23.1 Å². The number of para-hydroxylation sites is 1. The summed E-state index contributed by atoms with van der Waals surface area (Å²) in [7, 11) is -4.25. The number of sulfonamides is 1. The van der Waals surface area contributed by atoms with Gasteiger partial charge in [0, 0.05) is 19.2 Å². The van der Waals surface area contributed by atoms with Gasteiger partial charge in [0.1, 0.15) is 11.2 Å². The minimum atomic E-state index is -4.25. The van der Waals surface area contributed by atoms with Crippen molar-refractivity contribution < 1.29 is 23.6 Å². The molecule has 4 rings (SSSR count). The Hall–Kier alpha value is -3.03. The second-order valence-electron chi connectivity index (χ2n) is 9.55. The summed E-state index contributed by atoms with van der Waals surface area (Å²) in [5.74, 6) is 11.5. The van der Waals surface area contributed by atoms with Crippen LogP contribution >= 0.6 is 22.7 Å². The number of nitrogens with zero attached hydrogens (tertiary/aromatic N) is 2. The molecule has 0 aliphatic carbocycles. The number of benzene rings is 1. The third-order valence-electron chi connectivity index (χ3n) is 5.18. The molecule has 0 fully saturated rings. The average molecular weight is 557 g/mol. The van der Waals surface area contributed by atoms with Crippen LogP contribution in [0.3, 0.4) is 0 Å². The van der Waals surface area contributed by atoms with E-state index in [0.29, 0.717) is 20.9 Å². The minimum absolute atomic E-state index is 0.00348. The van der Waals surface area contributed by atoms with Crippen molar-refractivity contribution in [3.05, 3.63) is 67.4 Å². The summed E-state index contributed by atoms with van der Waals surface area (Å²) in [5.41, 5.74) is -1.48. The number of fused-ring (bicyclic) bond motifs is 3. The number of rotatable bonds is 3. The fourth-order valence-electron chi connectivity index (χ4n) is 3.60. The van der Waals surface area contributed by atoms with E-state index >= 15 is 0 Å². The van der Waals surface area contributed by atoms with E-state index in [2.05, 4.69) is 23.7 Å². The summed E-state index contributed by atoms with van der Waals surface area (Å²) in [6, 6.07) is 8.87. The lowest BCUT2D eigenvalue weighted by molar-refractivity contribution is -0.387. The minimum Gasteiger partial charge on any atom is -0.378 e. The van der Waals surface area contributed by atoms with Gasteiger partial charge in [-0.1, -0.05) is 35.8 Å². The van der Waals surface area contributed by atoms with Crippen molar-refractivity contribution in [2.75, 3.05) is 0 Å². The Labute approximate surface area is 223 Å². The van der Waals surface area contributed by atoms with Crippen LogP contribution in [0.25, 0.3) is 9.75 Å². The fraction of sp³-hybridized carbons (Fsp3) is 0.308. The standard InChI is InChI=1S/C26H24N2O6S3/c1-25(2,29)11-9-19-13-17-15-27(37(33,34)22-8-6-5-7-21(22)28(31)32)16-18-14-20(10-12-26(3,4)30)36-24(18)23(17)35-19/h5-8,13-14,29-30H,15-16H2,1-4H3. The van der Waals surface area contributed by atoms with Gasteiger partial charge in [-0.25, -0.2) is 8.42 Å². The lowest BCUT2D eigenvalue weighted by Crippen LogP contribution is -2.30. The maximum absolute atomic E-state index is 13.7. The molecule has 1 aliphatic heterocycles. The van der Waals surface area contributed by atoms with Crippen LogP contribution < -0.4 is 0 Å². The van der Waals surface area contributed by atoms with E-state index in [0.717, 1.165) is 9.75 Å². The van der Waals surface area contributed by atoms with Gasteiger partial charge in [0.15, 0.2) is 4.90 Å². The molecular formula is C26H24N2O6S3. The normalized spacial score (nSPS) is 13.9. The number of nitro groups is 1. The largest absolute Gasteiger partial charge is 0.378 e. The molecule has 0 spiro atoms. The Kier molecular flexibility index (Phi) is 7.08. The highest BCUT2D eigenvalue weighted by atomic mass is 32.2. The predicted molar refractivity (Wildman–Crippen MR) is 144 cm³/mol. The molecule has 0 saturated carbocycles. The highest BCUT2D eigenvalue weighted by Crippen LogP contribution is 2.44. The molecule has 11 heteroatoms. The molecule has 2 aromatic heterocycles. The fourth-order valence-corrected chi connectivity index (χ4v) is 7.41. The molecule has 0 radical (unpaired) electrons. The van der Waals surface area contributed by atoms with Crippen LogP contribution in [0.4, 0.5) is 5.69 Å². The molecule has 1 aliphatic rings. The van der Waals surface area contributed by atoms with Crippen LogP contribution in [0.2, 0.25) is 0 Å². The highest BCUT2D eigenvalue weighted by molar-refractivity contribution is 7.89. The van der Waals surface area contributed by atoms with E-state index in [1.165, 1.54) is 51.2 Å². The summed E-state index contributed by atoms with van der Waals surface area (Å²) in [6.07, 6.45) is 0. The van der Waals surface area contributed by atoms with Crippen molar-refractivity contribution >= 4 is 38.4 Å². The van der Waals surface area contributed by atoms with Crippen LogP contribution in [0.5, 0.6) is 0 Å². The number of hydrogen-bond acceptors (Lipinski definition) is 8. The van der Waals surface area contributed by atoms with Gasteiger partial charge in [-0.3, -0.25) is 10.1 Å². The second-order valence-corrected chi connectivity index (χ2v) is 13.6. The monoisotopic (exact) mass is 556 g/mol. The molecule has 3 heterocycles. The SMILES string of the molecule is CC(C)(O)C#Cc1cc2c(s1)-c1sc(C#CC(C)(C)O)cc1CN(S(=O)(=O)c1ccccc1[N+](=O)[O-])C2. The van der Waals surface area contributed by atoms with E-state index in [1.54, 1.807) is 39.8 Å². The van der Waals surface area contributed by atoms with Crippen molar-refractivity contribution in [2.24, 2.45) is 0 Å². The van der Waals surface area contributed by atoms with Gasteiger partial charge in [0.05, 0.1) is 24.4 Å². The van der Waals surface area contributed by atoms with E-state index in [4.69, 9.17) is 0 Å². The van der Waals surface area contributed by atoms with Crippen molar-refractivity contribution in [1.82, 2.24) is 4.31 Å². The maximum atomic E-state index is 13.7. The van der Waals surface area contributed by atoms with Gasteiger partial charge in [-0.2, -0.15) is 4.31 Å². The third-order valence-corrected chi connectivity index (χ3v) is 9.37. The quantitative estimate of drug-likeness (QED) is 0.281. The Morgan fingerprint density at radius 1 is 0.919 bits per heavy atom.